The number of hydrogen-bond donors (Lipinski definition) is 0. The van der Waals surface area contributed by atoms with E-state index in [9.17, 15) is 38.4 Å². The van der Waals surface area contributed by atoms with Crippen LogP contribution < -0.4 is 0 Å². The molecule has 16 heteroatoms. The lowest BCUT2D eigenvalue weighted by atomic mass is 9.49. The highest BCUT2D eigenvalue weighted by molar-refractivity contribution is 5.78. The fourth-order valence-corrected chi connectivity index (χ4v) is 21.5. The molecule has 0 N–H and O–H groups in total. The van der Waals surface area contributed by atoms with E-state index < -0.39 is 10.8 Å². The maximum Gasteiger partial charge on any atom is 0.311 e. The molecule has 0 aromatic heterocycles. The fraction of sp³-hybridized carbons (Fsp3) is 0.900. The maximum atomic E-state index is 12.5. The molecule has 0 saturated heterocycles. The number of carbonyl (C=O) groups excluding carboxylic acids is 8. The van der Waals surface area contributed by atoms with Crippen LogP contribution in [-0.2, 0) is 76.3 Å². The van der Waals surface area contributed by atoms with Crippen molar-refractivity contribution in [1.29, 1.82) is 0 Å². The molecule has 0 aromatic carbocycles. The molecule has 2 unspecified atom stereocenters. The first kappa shape index (κ1) is 76.0. The zero-order chi connectivity index (χ0) is 69.7. The van der Waals surface area contributed by atoms with Gasteiger partial charge < -0.3 is 37.9 Å². The van der Waals surface area contributed by atoms with Gasteiger partial charge in [-0.2, -0.15) is 0 Å². The highest BCUT2D eigenvalue weighted by atomic mass is 16.6. The quantitative estimate of drug-likeness (QED) is 0.0582. The van der Waals surface area contributed by atoms with Crippen LogP contribution in [0.5, 0.6) is 0 Å². The van der Waals surface area contributed by atoms with Gasteiger partial charge in [0.25, 0.3) is 0 Å². The normalized spacial score (nSPS) is 37.6. The monoisotopic (exact) mass is 1340 g/mol. The Kier molecular flexibility index (Phi) is 25.1. The Morgan fingerprint density at radius 3 is 0.771 bits per heavy atom. The third-order valence-electron chi connectivity index (χ3n) is 28.0. The van der Waals surface area contributed by atoms with E-state index in [1.165, 1.54) is 128 Å². The highest BCUT2D eigenvalue weighted by Gasteiger charge is 2.62. The summed E-state index contributed by atoms with van der Waals surface area (Å²) in [6, 6.07) is 0. The molecule has 16 nitrogen and oxygen atoms in total. The molecule has 0 radical (unpaired) electrons. The molecule has 16 aliphatic rings. The Morgan fingerprint density at radius 2 is 0.552 bits per heavy atom. The number of carbonyl (C=O) groups is 8. The van der Waals surface area contributed by atoms with Gasteiger partial charge in [0.1, 0.15) is 48.8 Å². The molecule has 16 rings (SSSR count). The topological polar surface area (TPSA) is 210 Å². The molecular weight excluding hydrogens is 1220 g/mol. The molecule has 544 valence electrons. The zero-order valence-electron chi connectivity index (χ0n) is 62.0. The van der Waals surface area contributed by atoms with E-state index in [0.717, 1.165) is 85.9 Å². The van der Waals surface area contributed by atoms with Crippen molar-refractivity contribution in [3.8, 4) is 0 Å². The van der Waals surface area contributed by atoms with Crippen LogP contribution >= 0.6 is 0 Å². The van der Waals surface area contributed by atoms with Gasteiger partial charge >= 0.3 is 47.8 Å². The molecular formula is C80H128O16. The minimum absolute atomic E-state index is 0.104. The predicted molar refractivity (Wildman–Crippen MR) is 365 cm³/mol. The SMILES string of the molecule is CCC(C)(C)C(=O)OCCC(=O)OC1(C)C2CC3CC(C2)CC1C3.CCC(C)(C)C(=O)OCCC(=O)OC1(CC)C2CC3CC(C2)CC1C3.CCC(C)C(=O)OCCC(=O)OC1(C)C2CC3CC(C2)CC1C3.CCC(C)C(=O)OCCC(=O)OC1(CC)C2CC3CC(C2)CC1C3. The van der Waals surface area contributed by atoms with E-state index in [2.05, 4.69) is 27.7 Å². The molecule has 96 heavy (non-hydrogen) atoms. The first-order valence-electron chi connectivity index (χ1n) is 39.0. The van der Waals surface area contributed by atoms with Crippen LogP contribution in [0.4, 0.5) is 0 Å². The Hall–Kier alpha value is -4.24. The Morgan fingerprint density at radius 1 is 0.333 bits per heavy atom. The molecule has 0 aromatic rings. The standard InChI is InChI=1S/C21H34O4.2C20H32O4.C19H30O4/c1-5-20(3,4)19(23)24-8-7-18(22)25-21(6-2)16-10-14-9-15(12-16)13-17(21)11-14;1-5-19(2,3)18(22)23-7-6-17(21)24-20(4)15-9-13-8-14(11-15)12-16(20)10-13;1-4-13(3)19(22)23-7-6-18(21)24-20(5-2)16-9-14-8-15(11-16)12-17(20)10-14;1-4-12(2)18(21)22-6-5-17(20)23-19(3)15-8-13-7-14(10-15)11-16(19)9-13/h14-17H,5-13H2,1-4H3;13-16H,5-12H2,1-4H3;13-17H,4-12H2,1-3H3;12-16H,4-11H2,1-3H3. The average molecular weight is 1350 g/mol. The van der Waals surface area contributed by atoms with Gasteiger partial charge in [-0.1, -0.05) is 55.4 Å². The Labute approximate surface area is 577 Å². The van der Waals surface area contributed by atoms with Crippen LogP contribution in [0.2, 0.25) is 0 Å². The Balaban J connectivity index is 0.000000150. The fourth-order valence-electron chi connectivity index (χ4n) is 21.5. The van der Waals surface area contributed by atoms with Crippen LogP contribution in [0.15, 0.2) is 0 Å². The zero-order valence-corrected chi connectivity index (χ0v) is 62.0. The molecule has 0 spiro atoms. The van der Waals surface area contributed by atoms with Crippen molar-refractivity contribution >= 4 is 47.8 Å². The average Bonchev–Trinajstić information content (AvgIpc) is 0.586. The second-order valence-corrected chi connectivity index (χ2v) is 34.8. The second-order valence-electron chi connectivity index (χ2n) is 34.8. The second kappa shape index (κ2) is 31.8. The van der Waals surface area contributed by atoms with Crippen LogP contribution in [0.25, 0.3) is 0 Å². The lowest BCUT2D eigenvalue weighted by Crippen LogP contribution is -2.59. The van der Waals surface area contributed by atoms with Crippen LogP contribution in [0.3, 0.4) is 0 Å². The lowest BCUT2D eigenvalue weighted by molar-refractivity contribution is -0.212. The number of esters is 8. The summed E-state index contributed by atoms with van der Waals surface area (Å²) in [6.07, 6.45) is 30.6. The summed E-state index contributed by atoms with van der Waals surface area (Å²) in [4.78, 5) is 96.8. The van der Waals surface area contributed by atoms with Gasteiger partial charge in [-0.15, -0.1) is 0 Å². The lowest BCUT2D eigenvalue weighted by Gasteiger charge is -2.60. The number of hydrogen-bond acceptors (Lipinski definition) is 16. The van der Waals surface area contributed by atoms with Crippen molar-refractivity contribution in [2.75, 3.05) is 26.4 Å². The van der Waals surface area contributed by atoms with Gasteiger partial charge in [0.15, 0.2) is 0 Å². The van der Waals surface area contributed by atoms with Crippen molar-refractivity contribution in [1.82, 2.24) is 0 Å². The minimum Gasteiger partial charge on any atom is -0.465 e. The smallest absolute Gasteiger partial charge is 0.311 e. The van der Waals surface area contributed by atoms with Crippen molar-refractivity contribution in [3.05, 3.63) is 0 Å². The summed E-state index contributed by atoms with van der Waals surface area (Å²) in [5.74, 6) is 9.24. The molecule has 0 aliphatic heterocycles. The van der Waals surface area contributed by atoms with E-state index in [4.69, 9.17) is 37.9 Å². The number of rotatable bonds is 26. The Bertz CT molecular complexity index is 2590. The summed E-state index contributed by atoms with van der Waals surface area (Å²) in [6.45, 7) is 28.1. The first-order chi connectivity index (χ1) is 45.4. The molecule has 0 amide bonds. The highest BCUT2D eigenvalue weighted by Crippen LogP contribution is 2.64. The third kappa shape index (κ3) is 17.0. The van der Waals surface area contributed by atoms with Crippen molar-refractivity contribution < 1.29 is 76.3 Å². The maximum absolute atomic E-state index is 12.5. The van der Waals surface area contributed by atoms with Gasteiger partial charge in [0.05, 0.1) is 48.3 Å². The van der Waals surface area contributed by atoms with Crippen molar-refractivity contribution in [2.24, 2.45) is 117 Å². The van der Waals surface area contributed by atoms with E-state index in [-0.39, 0.29) is 134 Å². The third-order valence-corrected chi connectivity index (χ3v) is 28.0. The summed E-state index contributed by atoms with van der Waals surface area (Å²) in [5, 5.41) is 0. The molecule has 16 bridgehead atoms. The molecule has 16 aliphatic carbocycles. The minimum atomic E-state index is -0.490. The van der Waals surface area contributed by atoms with Gasteiger partial charge in [0.2, 0.25) is 0 Å². The summed E-state index contributed by atoms with van der Waals surface area (Å²) >= 11 is 0. The number of ether oxygens (including phenoxy) is 8. The van der Waals surface area contributed by atoms with E-state index >= 15 is 0 Å². The first-order valence-corrected chi connectivity index (χ1v) is 39.0. The summed E-state index contributed by atoms with van der Waals surface area (Å²) < 4.78 is 45.1. The molecule has 16 fully saturated rings. The molecule has 0 heterocycles. The summed E-state index contributed by atoms with van der Waals surface area (Å²) in [7, 11) is 0. The van der Waals surface area contributed by atoms with Crippen LogP contribution in [0, 0.1) is 117 Å². The van der Waals surface area contributed by atoms with Crippen molar-refractivity contribution in [2.45, 2.75) is 312 Å². The molecule has 16 saturated carbocycles. The van der Waals surface area contributed by atoms with E-state index in [1.54, 1.807) is 0 Å². The van der Waals surface area contributed by atoms with Crippen LogP contribution in [-0.4, -0.2) is 96.6 Å². The predicted octanol–water partition coefficient (Wildman–Crippen LogP) is 16.5. The summed E-state index contributed by atoms with van der Waals surface area (Å²) in [5.41, 5.74) is -2.06. The van der Waals surface area contributed by atoms with E-state index in [0.29, 0.717) is 47.3 Å². The van der Waals surface area contributed by atoms with Crippen LogP contribution in [0.1, 0.15) is 290 Å². The van der Waals surface area contributed by atoms with Gasteiger partial charge in [-0.25, -0.2) is 0 Å². The van der Waals surface area contributed by atoms with Gasteiger partial charge in [-0.05, 0) is 303 Å². The van der Waals surface area contributed by atoms with Gasteiger partial charge in [0, 0.05) is 0 Å². The largest absolute Gasteiger partial charge is 0.465 e. The molecule has 2 atom stereocenters. The van der Waals surface area contributed by atoms with Gasteiger partial charge in [-0.3, -0.25) is 38.4 Å². The van der Waals surface area contributed by atoms with Crippen molar-refractivity contribution in [3.63, 3.8) is 0 Å². The van der Waals surface area contributed by atoms with E-state index in [1.807, 2.05) is 69.2 Å².